The SMILES string of the molecule is O=C(CC1CCCC1)Nc1nnc(C2CCCCC2)s1. The average molecular weight is 293 g/mol. The van der Waals surface area contributed by atoms with Crippen LogP contribution in [0.1, 0.15) is 75.1 Å². The van der Waals surface area contributed by atoms with Crippen LogP contribution in [0.15, 0.2) is 0 Å². The zero-order valence-electron chi connectivity index (χ0n) is 11.9. The molecule has 20 heavy (non-hydrogen) atoms. The van der Waals surface area contributed by atoms with Gasteiger partial charge in [-0.2, -0.15) is 0 Å². The lowest BCUT2D eigenvalue weighted by atomic mass is 9.90. The van der Waals surface area contributed by atoms with E-state index in [0.29, 0.717) is 23.4 Å². The molecule has 2 saturated carbocycles. The summed E-state index contributed by atoms with van der Waals surface area (Å²) in [4.78, 5) is 12.0. The number of carbonyl (C=O) groups excluding carboxylic acids is 1. The summed E-state index contributed by atoms with van der Waals surface area (Å²) in [6.07, 6.45) is 12.0. The number of rotatable bonds is 4. The summed E-state index contributed by atoms with van der Waals surface area (Å²) in [6, 6.07) is 0. The maximum Gasteiger partial charge on any atom is 0.226 e. The van der Waals surface area contributed by atoms with Crippen LogP contribution < -0.4 is 5.32 Å². The van der Waals surface area contributed by atoms with Gasteiger partial charge >= 0.3 is 0 Å². The van der Waals surface area contributed by atoms with Crippen molar-refractivity contribution >= 4 is 22.4 Å². The number of hydrogen-bond acceptors (Lipinski definition) is 4. The molecule has 0 aliphatic heterocycles. The van der Waals surface area contributed by atoms with Gasteiger partial charge in [-0.3, -0.25) is 4.79 Å². The van der Waals surface area contributed by atoms with E-state index in [1.165, 1.54) is 57.8 Å². The van der Waals surface area contributed by atoms with Crippen molar-refractivity contribution in [2.75, 3.05) is 5.32 Å². The lowest BCUT2D eigenvalue weighted by molar-refractivity contribution is -0.117. The second-order valence-electron chi connectivity index (χ2n) is 6.18. The predicted octanol–water partition coefficient (Wildman–Crippen LogP) is 4.10. The minimum absolute atomic E-state index is 0.114. The van der Waals surface area contributed by atoms with E-state index in [-0.39, 0.29) is 5.91 Å². The van der Waals surface area contributed by atoms with Gasteiger partial charge in [0.2, 0.25) is 11.0 Å². The quantitative estimate of drug-likeness (QED) is 0.909. The molecule has 0 saturated heterocycles. The third-order valence-electron chi connectivity index (χ3n) is 4.59. The number of aromatic nitrogens is 2. The fraction of sp³-hybridized carbons (Fsp3) is 0.800. The first-order valence-electron chi connectivity index (χ1n) is 7.94. The van der Waals surface area contributed by atoms with Crippen LogP contribution in [0.2, 0.25) is 0 Å². The first-order valence-corrected chi connectivity index (χ1v) is 8.76. The number of amides is 1. The van der Waals surface area contributed by atoms with Crippen molar-refractivity contribution in [2.24, 2.45) is 5.92 Å². The number of nitrogens with zero attached hydrogens (tertiary/aromatic N) is 2. The summed E-state index contributed by atoms with van der Waals surface area (Å²) in [5.74, 6) is 1.27. The standard InChI is InChI=1S/C15H23N3OS/c19-13(10-11-6-4-5-7-11)16-15-18-17-14(20-15)12-8-2-1-3-9-12/h11-12H,1-10H2,(H,16,18,19). The summed E-state index contributed by atoms with van der Waals surface area (Å²) in [5.41, 5.74) is 0. The third kappa shape index (κ3) is 3.57. The zero-order valence-corrected chi connectivity index (χ0v) is 12.8. The molecule has 1 aromatic heterocycles. The van der Waals surface area contributed by atoms with E-state index < -0.39 is 0 Å². The molecule has 3 rings (SSSR count). The van der Waals surface area contributed by atoms with Gasteiger partial charge in [0.15, 0.2) is 0 Å². The molecular formula is C15H23N3OS. The molecule has 2 aliphatic rings. The molecular weight excluding hydrogens is 270 g/mol. The summed E-state index contributed by atoms with van der Waals surface area (Å²) >= 11 is 1.57. The predicted molar refractivity (Wildman–Crippen MR) is 80.9 cm³/mol. The van der Waals surface area contributed by atoms with Crippen molar-refractivity contribution in [3.8, 4) is 0 Å². The Morgan fingerprint density at radius 2 is 1.75 bits per heavy atom. The highest BCUT2D eigenvalue weighted by atomic mass is 32.1. The van der Waals surface area contributed by atoms with Gasteiger partial charge in [-0.05, 0) is 31.6 Å². The highest BCUT2D eigenvalue weighted by Gasteiger charge is 2.22. The van der Waals surface area contributed by atoms with E-state index in [4.69, 9.17) is 0 Å². The smallest absolute Gasteiger partial charge is 0.226 e. The fourth-order valence-electron chi connectivity index (χ4n) is 3.45. The Balaban J connectivity index is 1.52. The molecule has 1 aromatic rings. The number of nitrogens with one attached hydrogen (secondary N) is 1. The van der Waals surface area contributed by atoms with Gasteiger partial charge in [0, 0.05) is 12.3 Å². The maximum absolute atomic E-state index is 12.0. The van der Waals surface area contributed by atoms with Gasteiger partial charge in [0.1, 0.15) is 5.01 Å². The molecule has 0 bridgehead atoms. The van der Waals surface area contributed by atoms with Gasteiger partial charge < -0.3 is 5.32 Å². The number of anilines is 1. The van der Waals surface area contributed by atoms with E-state index in [9.17, 15) is 4.79 Å². The van der Waals surface area contributed by atoms with Crippen molar-refractivity contribution in [1.82, 2.24) is 10.2 Å². The van der Waals surface area contributed by atoms with E-state index >= 15 is 0 Å². The molecule has 0 unspecified atom stereocenters. The summed E-state index contributed by atoms with van der Waals surface area (Å²) in [7, 11) is 0. The van der Waals surface area contributed by atoms with Crippen LogP contribution in [0, 0.1) is 5.92 Å². The van der Waals surface area contributed by atoms with Crippen molar-refractivity contribution in [1.29, 1.82) is 0 Å². The minimum atomic E-state index is 0.114. The van der Waals surface area contributed by atoms with E-state index in [0.717, 1.165) is 5.01 Å². The second-order valence-corrected chi connectivity index (χ2v) is 7.19. The van der Waals surface area contributed by atoms with E-state index in [2.05, 4.69) is 15.5 Å². The second kappa shape index (κ2) is 6.66. The first-order chi connectivity index (χ1) is 9.81. The summed E-state index contributed by atoms with van der Waals surface area (Å²) < 4.78 is 0. The molecule has 1 N–H and O–H groups in total. The molecule has 0 radical (unpaired) electrons. The molecule has 0 spiro atoms. The van der Waals surface area contributed by atoms with Gasteiger partial charge in [-0.25, -0.2) is 0 Å². The first kappa shape index (κ1) is 14.0. The summed E-state index contributed by atoms with van der Waals surface area (Å²) in [6.45, 7) is 0. The van der Waals surface area contributed by atoms with Gasteiger partial charge in [0.25, 0.3) is 0 Å². The fourth-order valence-corrected chi connectivity index (χ4v) is 4.38. The Hall–Kier alpha value is -0.970. The van der Waals surface area contributed by atoms with Crippen LogP contribution in [0.25, 0.3) is 0 Å². The molecule has 1 amide bonds. The molecule has 2 fully saturated rings. The van der Waals surface area contributed by atoms with Crippen LogP contribution in [0.3, 0.4) is 0 Å². The molecule has 1 heterocycles. The Morgan fingerprint density at radius 3 is 2.50 bits per heavy atom. The highest BCUT2D eigenvalue weighted by Crippen LogP contribution is 2.35. The highest BCUT2D eigenvalue weighted by molar-refractivity contribution is 7.15. The van der Waals surface area contributed by atoms with Crippen LogP contribution in [0.4, 0.5) is 5.13 Å². The van der Waals surface area contributed by atoms with Crippen molar-refractivity contribution < 1.29 is 4.79 Å². The Labute approximate surface area is 124 Å². The molecule has 4 nitrogen and oxygen atoms in total. The molecule has 0 aromatic carbocycles. The minimum Gasteiger partial charge on any atom is -0.301 e. The Morgan fingerprint density at radius 1 is 1.05 bits per heavy atom. The number of hydrogen-bond donors (Lipinski definition) is 1. The molecule has 110 valence electrons. The third-order valence-corrected chi connectivity index (χ3v) is 5.59. The average Bonchev–Trinajstić information content (AvgIpc) is 3.11. The maximum atomic E-state index is 12.0. The van der Waals surface area contributed by atoms with E-state index in [1.54, 1.807) is 11.3 Å². The van der Waals surface area contributed by atoms with Crippen molar-refractivity contribution in [3.63, 3.8) is 0 Å². The van der Waals surface area contributed by atoms with Crippen LogP contribution in [0.5, 0.6) is 0 Å². The Bertz CT molecular complexity index is 448. The van der Waals surface area contributed by atoms with Gasteiger partial charge in [-0.15, -0.1) is 10.2 Å². The summed E-state index contributed by atoms with van der Waals surface area (Å²) in [5, 5.41) is 13.2. The van der Waals surface area contributed by atoms with Gasteiger partial charge in [0.05, 0.1) is 0 Å². The largest absolute Gasteiger partial charge is 0.301 e. The lowest BCUT2D eigenvalue weighted by Gasteiger charge is -2.18. The van der Waals surface area contributed by atoms with Crippen molar-refractivity contribution in [3.05, 3.63) is 5.01 Å². The molecule has 0 atom stereocenters. The van der Waals surface area contributed by atoms with Crippen molar-refractivity contribution in [2.45, 2.75) is 70.1 Å². The van der Waals surface area contributed by atoms with Crippen LogP contribution in [-0.2, 0) is 4.79 Å². The zero-order chi connectivity index (χ0) is 13.8. The normalized spacial score (nSPS) is 21.2. The van der Waals surface area contributed by atoms with Crippen LogP contribution >= 0.6 is 11.3 Å². The van der Waals surface area contributed by atoms with Gasteiger partial charge in [-0.1, -0.05) is 43.4 Å². The Kier molecular flexibility index (Phi) is 4.65. The van der Waals surface area contributed by atoms with E-state index in [1.807, 2.05) is 0 Å². The van der Waals surface area contributed by atoms with Crippen LogP contribution in [-0.4, -0.2) is 16.1 Å². The lowest BCUT2D eigenvalue weighted by Crippen LogP contribution is -2.14. The monoisotopic (exact) mass is 293 g/mol. The number of carbonyl (C=O) groups is 1. The topological polar surface area (TPSA) is 54.9 Å². The molecule has 2 aliphatic carbocycles. The molecule has 5 heteroatoms.